The van der Waals surface area contributed by atoms with Crippen LogP contribution in [0.15, 0.2) is 23.1 Å². The second kappa shape index (κ2) is 3.96. The normalized spacial score (nSPS) is 14.5. The van der Waals surface area contributed by atoms with E-state index in [4.69, 9.17) is 0 Å². The van der Waals surface area contributed by atoms with Crippen LogP contribution in [0.5, 0.6) is 0 Å². The lowest BCUT2D eigenvalue weighted by Gasteiger charge is -2.14. The number of nitrogens with zero attached hydrogens (tertiary/aromatic N) is 1. The number of hydrogen-bond donors (Lipinski definition) is 0. The molecule has 0 unspecified atom stereocenters. The van der Waals surface area contributed by atoms with Crippen LogP contribution in [0, 0.1) is 0 Å². The predicted molar refractivity (Wildman–Crippen MR) is 62.1 cm³/mol. The third kappa shape index (κ3) is 1.95. The summed E-state index contributed by atoms with van der Waals surface area (Å²) in [6, 6.07) is 4.38. The van der Waals surface area contributed by atoms with Crippen molar-refractivity contribution in [2.24, 2.45) is 0 Å². The lowest BCUT2D eigenvalue weighted by atomic mass is 10.2. The standard InChI is InChI=1S/C11H11NO4S/c1-8(14)12-5-4-9-6-10(2-3-11(9)12)17(15,16)7-13/h2-3,6-7H,4-5H2,1H3. The molecule has 1 aromatic rings. The predicted octanol–water partition coefficient (Wildman–Crippen LogP) is 0.560. The number of rotatable bonds is 2. The molecule has 1 amide bonds. The van der Waals surface area contributed by atoms with Crippen LogP contribution in [0.2, 0.25) is 0 Å². The number of carbonyl (C=O) groups is 2. The van der Waals surface area contributed by atoms with E-state index in [1.807, 2.05) is 0 Å². The Bertz CT molecular complexity index is 591. The van der Waals surface area contributed by atoms with Crippen LogP contribution in [0.4, 0.5) is 5.69 Å². The van der Waals surface area contributed by atoms with Crippen molar-refractivity contribution in [3.05, 3.63) is 23.8 Å². The fourth-order valence-electron chi connectivity index (χ4n) is 1.94. The Morgan fingerprint density at radius 2 is 2.12 bits per heavy atom. The average Bonchev–Trinajstić information content (AvgIpc) is 2.71. The molecule has 0 fully saturated rings. The minimum absolute atomic E-state index is 0.0170. The summed E-state index contributed by atoms with van der Waals surface area (Å²) in [6.45, 7) is 2.01. The van der Waals surface area contributed by atoms with Gasteiger partial charge >= 0.3 is 0 Å². The summed E-state index contributed by atoms with van der Waals surface area (Å²) in [4.78, 5) is 23.3. The van der Waals surface area contributed by atoms with E-state index in [9.17, 15) is 18.0 Å². The van der Waals surface area contributed by atoms with Gasteiger partial charge in [-0.05, 0) is 30.2 Å². The first kappa shape index (κ1) is 11.8. The lowest BCUT2D eigenvalue weighted by molar-refractivity contribution is -0.116. The van der Waals surface area contributed by atoms with Gasteiger partial charge in [-0.25, -0.2) is 8.42 Å². The smallest absolute Gasteiger partial charge is 0.238 e. The molecule has 90 valence electrons. The van der Waals surface area contributed by atoms with Gasteiger partial charge < -0.3 is 4.90 Å². The second-order valence-electron chi connectivity index (χ2n) is 3.85. The van der Waals surface area contributed by atoms with Gasteiger partial charge in [0.25, 0.3) is 0 Å². The van der Waals surface area contributed by atoms with Gasteiger partial charge in [0, 0.05) is 19.2 Å². The molecule has 0 atom stereocenters. The fraction of sp³-hybridized carbons (Fsp3) is 0.273. The summed E-state index contributed by atoms with van der Waals surface area (Å²) < 4.78 is 22.7. The highest BCUT2D eigenvalue weighted by Gasteiger charge is 2.24. The van der Waals surface area contributed by atoms with E-state index < -0.39 is 9.84 Å². The molecular formula is C11H11NO4S. The number of amides is 1. The Kier molecular flexibility index (Phi) is 2.74. The van der Waals surface area contributed by atoms with E-state index in [1.165, 1.54) is 19.1 Å². The number of hydrogen-bond acceptors (Lipinski definition) is 4. The van der Waals surface area contributed by atoms with Gasteiger partial charge in [-0.2, -0.15) is 0 Å². The zero-order chi connectivity index (χ0) is 12.6. The van der Waals surface area contributed by atoms with Crippen LogP contribution in [0.3, 0.4) is 0 Å². The van der Waals surface area contributed by atoms with Crippen molar-refractivity contribution in [3.8, 4) is 0 Å². The summed E-state index contributed by atoms with van der Waals surface area (Å²) in [5, 5.41) is 0. The largest absolute Gasteiger partial charge is 0.312 e. The van der Waals surface area contributed by atoms with Crippen LogP contribution in [0.25, 0.3) is 0 Å². The van der Waals surface area contributed by atoms with E-state index in [0.717, 1.165) is 11.3 Å². The first-order chi connectivity index (χ1) is 7.95. The zero-order valence-corrected chi connectivity index (χ0v) is 10.0. The molecule has 1 heterocycles. The van der Waals surface area contributed by atoms with E-state index in [-0.39, 0.29) is 16.4 Å². The van der Waals surface area contributed by atoms with Crippen molar-refractivity contribution >= 4 is 27.1 Å². The zero-order valence-electron chi connectivity index (χ0n) is 9.21. The van der Waals surface area contributed by atoms with Gasteiger partial charge in [-0.1, -0.05) is 0 Å². The summed E-state index contributed by atoms with van der Waals surface area (Å²) in [7, 11) is -3.84. The topological polar surface area (TPSA) is 71.5 Å². The maximum atomic E-state index is 11.4. The van der Waals surface area contributed by atoms with Crippen LogP contribution in [-0.2, 0) is 25.8 Å². The highest BCUT2D eigenvalue weighted by molar-refractivity contribution is 8.04. The van der Waals surface area contributed by atoms with Crippen LogP contribution >= 0.6 is 0 Å². The summed E-state index contributed by atoms with van der Waals surface area (Å²) in [5.41, 5.74) is 1.44. The molecule has 17 heavy (non-hydrogen) atoms. The van der Waals surface area contributed by atoms with E-state index >= 15 is 0 Å². The van der Waals surface area contributed by atoms with Crippen molar-refractivity contribution < 1.29 is 18.0 Å². The molecule has 1 aliphatic rings. The molecule has 0 aromatic heterocycles. The second-order valence-corrected chi connectivity index (χ2v) is 5.61. The van der Waals surface area contributed by atoms with Gasteiger partial charge in [0.2, 0.25) is 21.4 Å². The van der Waals surface area contributed by atoms with Crippen LogP contribution in [0.1, 0.15) is 12.5 Å². The maximum absolute atomic E-state index is 11.4. The molecule has 0 saturated heterocycles. The number of sulfone groups is 1. The Hall–Kier alpha value is -1.69. The molecule has 0 bridgehead atoms. The van der Waals surface area contributed by atoms with Crippen molar-refractivity contribution in [3.63, 3.8) is 0 Å². The molecule has 0 N–H and O–H groups in total. The minimum Gasteiger partial charge on any atom is -0.312 e. The van der Waals surface area contributed by atoms with Gasteiger partial charge in [0.15, 0.2) is 0 Å². The Balaban J connectivity index is 2.49. The van der Waals surface area contributed by atoms with Crippen molar-refractivity contribution in [2.45, 2.75) is 18.2 Å². The first-order valence-corrected chi connectivity index (χ1v) is 6.61. The Morgan fingerprint density at radius 1 is 1.41 bits per heavy atom. The van der Waals surface area contributed by atoms with Crippen LogP contribution < -0.4 is 4.90 Å². The van der Waals surface area contributed by atoms with Crippen molar-refractivity contribution in [2.75, 3.05) is 11.4 Å². The maximum Gasteiger partial charge on any atom is 0.238 e. The lowest BCUT2D eigenvalue weighted by Crippen LogP contribution is -2.25. The van der Waals surface area contributed by atoms with Gasteiger partial charge in [0.1, 0.15) is 0 Å². The van der Waals surface area contributed by atoms with Crippen molar-refractivity contribution in [1.82, 2.24) is 0 Å². The molecule has 2 rings (SSSR count). The summed E-state index contributed by atoms with van der Waals surface area (Å²) in [6.07, 6.45) is 0.608. The molecule has 6 heteroatoms. The quantitative estimate of drug-likeness (QED) is 0.722. The minimum atomic E-state index is -3.84. The SMILES string of the molecule is CC(=O)N1CCc2cc(S(=O)(=O)C=O)ccc21. The van der Waals surface area contributed by atoms with Gasteiger partial charge in [0.05, 0.1) is 4.90 Å². The Labute approximate surface area is 99.0 Å². The number of benzene rings is 1. The highest BCUT2D eigenvalue weighted by atomic mass is 32.2. The highest BCUT2D eigenvalue weighted by Crippen LogP contribution is 2.30. The van der Waals surface area contributed by atoms with E-state index in [1.54, 1.807) is 11.0 Å². The third-order valence-corrected chi connectivity index (χ3v) is 3.95. The van der Waals surface area contributed by atoms with Gasteiger partial charge in [-0.3, -0.25) is 9.59 Å². The summed E-state index contributed by atoms with van der Waals surface area (Å²) >= 11 is 0. The van der Waals surface area contributed by atoms with E-state index in [0.29, 0.717) is 13.0 Å². The van der Waals surface area contributed by atoms with E-state index in [2.05, 4.69) is 0 Å². The Morgan fingerprint density at radius 3 is 2.71 bits per heavy atom. The molecule has 1 aromatic carbocycles. The molecule has 5 nitrogen and oxygen atoms in total. The molecule has 0 aliphatic carbocycles. The molecule has 0 saturated carbocycles. The third-order valence-electron chi connectivity index (χ3n) is 2.78. The fourth-order valence-corrected chi connectivity index (χ4v) is 2.61. The number of anilines is 1. The first-order valence-electron chi connectivity index (χ1n) is 5.07. The van der Waals surface area contributed by atoms with Crippen LogP contribution in [-0.4, -0.2) is 26.5 Å². The number of fused-ring (bicyclic) bond motifs is 1. The molecule has 1 aliphatic heterocycles. The number of carbonyl (C=O) groups excluding carboxylic acids is 2. The average molecular weight is 253 g/mol. The molecular weight excluding hydrogens is 242 g/mol. The van der Waals surface area contributed by atoms with Crippen molar-refractivity contribution in [1.29, 1.82) is 0 Å². The summed E-state index contributed by atoms with van der Waals surface area (Å²) in [5.74, 6) is -0.0743. The van der Waals surface area contributed by atoms with Gasteiger partial charge in [-0.15, -0.1) is 0 Å². The molecule has 0 spiro atoms. The monoisotopic (exact) mass is 253 g/mol. The molecule has 0 radical (unpaired) electrons.